The quantitative estimate of drug-likeness (QED) is 0.787. The van der Waals surface area contributed by atoms with Gasteiger partial charge >= 0.3 is 7.12 Å². The van der Waals surface area contributed by atoms with Crippen LogP contribution in [0.2, 0.25) is 0 Å². The number of aromatic nitrogens is 1. The molecular formula is C17H27BN2O2. The minimum Gasteiger partial charge on any atom is -0.398 e. The molecule has 2 aliphatic rings. The fourth-order valence-corrected chi connectivity index (χ4v) is 3.11. The first-order valence-corrected chi connectivity index (χ1v) is 8.35. The zero-order valence-corrected chi connectivity index (χ0v) is 14.4. The van der Waals surface area contributed by atoms with Gasteiger partial charge in [-0.05, 0) is 58.6 Å². The summed E-state index contributed by atoms with van der Waals surface area (Å²) >= 11 is 0. The highest BCUT2D eigenvalue weighted by atomic mass is 16.7. The van der Waals surface area contributed by atoms with Gasteiger partial charge in [0, 0.05) is 19.3 Å². The largest absolute Gasteiger partial charge is 0.514 e. The van der Waals surface area contributed by atoms with Crippen LogP contribution in [0.1, 0.15) is 47.5 Å². The molecule has 2 saturated heterocycles. The molecular weight excluding hydrogens is 275 g/mol. The summed E-state index contributed by atoms with van der Waals surface area (Å²) in [4.78, 5) is 7.03. The zero-order valence-electron chi connectivity index (χ0n) is 14.4. The lowest BCUT2D eigenvalue weighted by atomic mass is 9.84. The number of pyridine rings is 1. The summed E-state index contributed by atoms with van der Waals surface area (Å²) in [5.41, 5.74) is 1.42. The van der Waals surface area contributed by atoms with Crippen LogP contribution in [0.5, 0.6) is 0 Å². The molecule has 0 amide bonds. The van der Waals surface area contributed by atoms with Crippen molar-refractivity contribution in [3.8, 4) is 0 Å². The highest BCUT2D eigenvalue weighted by molar-refractivity contribution is 6.61. The van der Waals surface area contributed by atoms with Gasteiger partial charge in [-0.15, -0.1) is 0 Å². The van der Waals surface area contributed by atoms with Crippen molar-refractivity contribution in [1.29, 1.82) is 0 Å². The van der Waals surface area contributed by atoms with E-state index < -0.39 is 0 Å². The van der Waals surface area contributed by atoms with Crippen LogP contribution in [0.4, 0.5) is 5.69 Å². The third kappa shape index (κ3) is 2.89. The Balaban J connectivity index is 1.72. The predicted octanol–water partition coefficient (Wildman–Crippen LogP) is 2.62. The van der Waals surface area contributed by atoms with Gasteiger partial charge in [0.05, 0.1) is 22.5 Å². The van der Waals surface area contributed by atoms with Gasteiger partial charge < -0.3 is 14.2 Å². The molecule has 1 aromatic heterocycles. The van der Waals surface area contributed by atoms with Gasteiger partial charge in [0.1, 0.15) is 0 Å². The number of piperidine rings is 1. The Labute approximate surface area is 134 Å². The van der Waals surface area contributed by atoms with Gasteiger partial charge in [-0.1, -0.05) is 6.92 Å². The van der Waals surface area contributed by atoms with E-state index in [-0.39, 0.29) is 18.3 Å². The molecule has 3 rings (SSSR count). The maximum absolute atomic E-state index is 6.05. The van der Waals surface area contributed by atoms with E-state index in [0.29, 0.717) is 0 Å². The highest BCUT2D eigenvalue weighted by Gasteiger charge is 2.52. The number of rotatable bonds is 2. The minimum absolute atomic E-state index is 0.319. The summed E-state index contributed by atoms with van der Waals surface area (Å²) in [6, 6.07) is 4.18. The fraction of sp³-hybridized carbons (Fsp3) is 0.706. The molecule has 1 atom stereocenters. The second-order valence-corrected chi connectivity index (χ2v) is 7.72. The van der Waals surface area contributed by atoms with Crippen LogP contribution < -0.4 is 10.5 Å². The molecule has 0 aromatic carbocycles. The van der Waals surface area contributed by atoms with Crippen molar-refractivity contribution in [2.75, 3.05) is 18.0 Å². The topological polar surface area (TPSA) is 34.6 Å². The number of hydrogen-bond donors (Lipinski definition) is 0. The molecule has 0 spiro atoms. The summed E-state index contributed by atoms with van der Waals surface area (Å²) in [6.45, 7) is 12.8. The van der Waals surface area contributed by atoms with E-state index in [1.54, 1.807) is 0 Å². The fourth-order valence-electron chi connectivity index (χ4n) is 3.11. The Morgan fingerprint density at radius 1 is 1.18 bits per heavy atom. The van der Waals surface area contributed by atoms with E-state index in [1.165, 1.54) is 18.5 Å². The van der Waals surface area contributed by atoms with Crippen LogP contribution in [0.25, 0.3) is 0 Å². The average Bonchev–Trinajstić information content (AvgIpc) is 2.68. The van der Waals surface area contributed by atoms with Crippen molar-refractivity contribution in [3.05, 3.63) is 18.3 Å². The smallest absolute Gasteiger partial charge is 0.398 e. The van der Waals surface area contributed by atoms with Crippen molar-refractivity contribution >= 4 is 18.4 Å². The van der Waals surface area contributed by atoms with Gasteiger partial charge in [-0.25, -0.2) is 0 Å². The Kier molecular flexibility index (Phi) is 3.98. The third-order valence-electron chi connectivity index (χ3n) is 5.29. The molecule has 22 heavy (non-hydrogen) atoms. The maximum atomic E-state index is 6.05. The first-order valence-electron chi connectivity index (χ1n) is 8.35. The monoisotopic (exact) mass is 302 g/mol. The lowest BCUT2D eigenvalue weighted by molar-refractivity contribution is 0.00578. The van der Waals surface area contributed by atoms with Crippen LogP contribution in [-0.2, 0) is 9.31 Å². The summed E-state index contributed by atoms with van der Waals surface area (Å²) in [5.74, 6) is 0.761. The van der Waals surface area contributed by atoms with Crippen molar-refractivity contribution in [3.63, 3.8) is 0 Å². The maximum Gasteiger partial charge on any atom is 0.514 e. The van der Waals surface area contributed by atoms with E-state index in [0.717, 1.165) is 24.6 Å². The van der Waals surface area contributed by atoms with Gasteiger partial charge in [-0.2, -0.15) is 0 Å². The highest BCUT2D eigenvalue weighted by Crippen LogP contribution is 2.36. The molecule has 4 nitrogen and oxygen atoms in total. The first-order chi connectivity index (χ1) is 10.3. The summed E-state index contributed by atoms with van der Waals surface area (Å²) < 4.78 is 12.1. The van der Waals surface area contributed by atoms with Crippen LogP contribution >= 0.6 is 0 Å². The SMILES string of the molecule is CC1CCCN(c2ccc(B3OC(C)(C)C(C)(C)O3)nc2)C1. The molecule has 0 bridgehead atoms. The lowest BCUT2D eigenvalue weighted by Crippen LogP contribution is -2.41. The molecule has 120 valence electrons. The Hall–Kier alpha value is -1.07. The van der Waals surface area contributed by atoms with Gasteiger partial charge in [0.25, 0.3) is 0 Å². The van der Waals surface area contributed by atoms with E-state index in [1.807, 2.05) is 12.3 Å². The molecule has 0 saturated carbocycles. The Morgan fingerprint density at radius 3 is 2.41 bits per heavy atom. The first kappa shape index (κ1) is 15.8. The molecule has 0 radical (unpaired) electrons. The number of hydrogen-bond acceptors (Lipinski definition) is 4. The normalized spacial score (nSPS) is 27.2. The molecule has 2 aliphatic heterocycles. The predicted molar refractivity (Wildman–Crippen MR) is 90.6 cm³/mol. The number of anilines is 1. The molecule has 1 unspecified atom stereocenters. The van der Waals surface area contributed by atoms with E-state index in [9.17, 15) is 0 Å². The minimum atomic E-state index is -0.376. The van der Waals surface area contributed by atoms with E-state index in [4.69, 9.17) is 9.31 Å². The van der Waals surface area contributed by atoms with Crippen molar-refractivity contribution in [2.45, 2.75) is 58.7 Å². The average molecular weight is 302 g/mol. The van der Waals surface area contributed by atoms with Gasteiger partial charge in [0.15, 0.2) is 0 Å². The third-order valence-corrected chi connectivity index (χ3v) is 5.29. The van der Waals surface area contributed by atoms with Crippen LogP contribution in [-0.4, -0.2) is 36.4 Å². The van der Waals surface area contributed by atoms with E-state index in [2.05, 4.69) is 50.6 Å². The second kappa shape index (κ2) is 5.53. The van der Waals surface area contributed by atoms with Crippen molar-refractivity contribution < 1.29 is 9.31 Å². The van der Waals surface area contributed by atoms with E-state index >= 15 is 0 Å². The Morgan fingerprint density at radius 2 is 1.86 bits per heavy atom. The zero-order chi connectivity index (χ0) is 16.0. The van der Waals surface area contributed by atoms with Gasteiger partial charge in [-0.3, -0.25) is 4.98 Å². The van der Waals surface area contributed by atoms with Crippen molar-refractivity contribution in [1.82, 2.24) is 4.98 Å². The standard InChI is InChI=1S/C17H27BN2O2/c1-13-7-6-10-20(12-13)14-8-9-15(19-11-14)18-21-16(2,3)17(4,5)22-18/h8-9,11,13H,6-7,10,12H2,1-5H3. The second-order valence-electron chi connectivity index (χ2n) is 7.72. The summed E-state index contributed by atoms with van der Waals surface area (Å²) in [6.07, 6.45) is 4.55. The molecule has 0 aliphatic carbocycles. The van der Waals surface area contributed by atoms with Crippen LogP contribution in [0.3, 0.4) is 0 Å². The van der Waals surface area contributed by atoms with Crippen LogP contribution in [0.15, 0.2) is 18.3 Å². The van der Waals surface area contributed by atoms with Crippen LogP contribution in [0, 0.1) is 5.92 Å². The lowest BCUT2D eigenvalue weighted by Gasteiger charge is -2.32. The molecule has 0 N–H and O–H groups in total. The van der Waals surface area contributed by atoms with Gasteiger partial charge in [0.2, 0.25) is 0 Å². The molecule has 1 aromatic rings. The molecule has 2 fully saturated rings. The summed E-state index contributed by atoms with van der Waals surface area (Å²) in [5, 5.41) is 0. The molecule has 3 heterocycles. The summed E-state index contributed by atoms with van der Waals surface area (Å²) in [7, 11) is -0.376. The molecule has 5 heteroatoms. The Bertz CT molecular complexity index is 514. The van der Waals surface area contributed by atoms with Crippen molar-refractivity contribution in [2.24, 2.45) is 5.92 Å². The number of nitrogens with zero attached hydrogens (tertiary/aromatic N) is 2.